The number of hydrogen-bond donors (Lipinski definition) is 1. The third kappa shape index (κ3) is 1.44. The lowest BCUT2D eigenvalue weighted by Gasteiger charge is -2.00. The molecule has 0 bridgehead atoms. The van der Waals surface area contributed by atoms with Crippen molar-refractivity contribution in [3.63, 3.8) is 0 Å². The summed E-state index contributed by atoms with van der Waals surface area (Å²) in [5.74, 6) is 0. The quantitative estimate of drug-likeness (QED) is 0.778. The lowest BCUT2D eigenvalue weighted by Crippen LogP contribution is -2.09. The summed E-state index contributed by atoms with van der Waals surface area (Å²) >= 11 is 5.77. The van der Waals surface area contributed by atoms with Gasteiger partial charge in [0.2, 0.25) is 0 Å². The molecule has 0 fully saturated rings. The van der Waals surface area contributed by atoms with Gasteiger partial charge in [0.05, 0.1) is 18.0 Å². The third-order valence-corrected chi connectivity index (χ3v) is 2.08. The van der Waals surface area contributed by atoms with Crippen molar-refractivity contribution in [1.82, 2.24) is 9.97 Å². The second-order valence-corrected chi connectivity index (χ2v) is 3.17. The Bertz CT molecular complexity index is 536. The van der Waals surface area contributed by atoms with E-state index in [1.165, 1.54) is 7.11 Å². The average Bonchev–Trinajstić information content (AvgIpc) is 2.16. The van der Waals surface area contributed by atoms with Gasteiger partial charge in [0.1, 0.15) is 0 Å². The molecule has 0 aliphatic heterocycles. The van der Waals surface area contributed by atoms with Gasteiger partial charge in [-0.15, -0.1) is 0 Å². The maximum absolute atomic E-state index is 11.5. The summed E-state index contributed by atoms with van der Waals surface area (Å²) in [6.45, 7) is 0. The van der Waals surface area contributed by atoms with E-state index in [1.54, 1.807) is 18.2 Å². The van der Waals surface area contributed by atoms with Gasteiger partial charge in [0.25, 0.3) is 11.6 Å². The molecule has 0 amide bonds. The normalized spacial score (nSPS) is 10.4. The Morgan fingerprint density at radius 2 is 2.29 bits per heavy atom. The highest BCUT2D eigenvalue weighted by Crippen LogP contribution is 2.15. The molecule has 0 radical (unpaired) electrons. The fourth-order valence-corrected chi connectivity index (χ4v) is 1.35. The molecule has 72 valence electrons. The zero-order valence-electron chi connectivity index (χ0n) is 7.37. The SMILES string of the molecule is COc1nc2cc(Cl)ccc2c(=O)[nH]1. The number of halogens is 1. The maximum atomic E-state index is 11.5. The smallest absolute Gasteiger partial charge is 0.296 e. The molecule has 0 aliphatic rings. The first-order chi connectivity index (χ1) is 6.70. The van der Waals surface area contributed by atoms with Crippen molar-refractivity contribution >= 4 is 22.5 Å². The minimum atomic E-state index is -0.233. The third-order valence-electron chi connectivity index (χ3n) is 1.84. The number of ether oxygens (including phenoxy) is 1. The highest BCUT2D eigenvalue weighted by Gasteiger charge is 2.03. The Balaban J connectivity index is 2.84. The van der Waals surface area contributed by atoms with Crippen LogP contribution < -0.4 is 10.3 Å². The van der Waals surface area contributed by atoms with E-state index >= 15 is 0 Å². The number of hydrogen-bond acceptors (Lipinski definition) is 3. The number of methoxy groups -OCH3 is 1. The fraction of sp³-hybridized carbons (Fsp3) is 0.111. The zero-order chi connectivity index (χ0) is 10.1. The molecule has 2 aromatic rings. The predicted molar refractivity (Wildman–Crippen MR) is 53.9 cm³/mol. The highest BCUT2D eigenvalue weighted by molar-refractivity contribution is 6.31. The second-order valence-electron chi connectivity index (χ2n) is 2.74. The summed E-state index contributed by atoms with van der Waals surface area (Å²) in [4.78, 5) is 18.0. The second kappa shape index (κ2) is 3.31. The average molecular weight is 211 g/mol. The summed E-state index contributed by atoms with van der Waals surface area (Å²) in [7, 11) is 1.44. The maximum Gasteiger partial charge on any atom is 0.296 e. The van der Waals surface area contributed by atoms with Crippen LogP contribution in [0.2, 0.25) is 5.02 Å². The van der Waals surface area contributed by atoms with Gasteiger partial charge in [-0.3, -0.25) is 9.78 Å². The number of nitrogens with zero attached hydrogens (tertiary/aromatic N) is 1. The van der Waals surface area contributed by atoms with Crippen molar-refractivity contribution in [1.29, 1.82) is 0 Å². The van der Waals surface area contributed by atoms with Crippen LogP contribution in [0.15, 0.2) is 23.0 Å². The lowest BCUT2D eigenvalue weighted by molar-refractivity contribution is 0.380. The molecular formula is C9H7ClN2O2. The van der Waals surface area contributed by atoms with Gasteiger partial charge in [0, 0.05) is 5.02 Å². The van der Waals surface area contributed by atoms with Crippen LogP contribution in [0.1, 0.15) is 0 Å². The first-order valence-electron chi connectivity index (χ1n) is 3.94. The molecule has 2 rings (SSSR count). The highest BCUT2D eigenvalue weighted by atomic mass is 35.5. The van der Waals surface area contributed by atoms with Crippen LogP contribution in [0, 0.1) is 0 Å². The molecule has 1 aromatic carbocycles. The van der Waals surface area contributed by atoms with Gasteiger partial charge in [-0.25, -0.2) is 0 Å². The summed E-state index contributed by atoms with van der Waals surface area (Å²) in [6.07, 6.45) is 0. The number of benzene rings is 1. The predicted octanol–water partition coefficient (Wildman–Crippen LogP) is 1.59. The number of aromatic nitrogens is 2. The van der Waals surface area contributed by atoms with Gasteiger partial charge in [-0.2, -0.15) is 4.98 Å². The van der Waals surface area contributed by atoms with E-state index in [2.05, 4.69) is 9.97 Å². The molecule has 0 saturated carbocycles. The van der Waals surface area contributed by atoms with Crippen LogP contribution in [0.3, 0.4) is 0 Å². The Labute approximate surface area is 84.5 Å². The van der Waals surface area contributed by atoms with Gasteiger partial charge in [0.15, 0.2) is 0 Å². The number of aromatic amines is 1. The van der Waals surface area contributed by atoms with Crippen molar-refractivity contribution in [2.75, 3.05) is 7.11 Å². The Morgan fingerprint density at radius 1 is 1.50 bits per heavy atom. The molecule has 0 atom stereocenters. The van der Waals surface area contributed by atoms with E-state index in [1.807, 2.05) is 0 Å². The first kappa shape index (κ1) is 9.02. The van der Waals surface area contributed by atoms with Crippen molar-refractivity contribution in [3.05, 3.63) is 33.6 Å². The van der Waals surface area contributed by atoms with Gasteiger partial charge in [-0.05, 0) is 18.2 Å². The molecule has 1 aromatic heterocycles. The van der Waals surface area contributed by atoms with Crippen LogP contribution in [-0.2, 0) is 0 Å². The Kier molecular flexibility index (Phi) is 2.13. The standard InChI is InChI=1S/C9H7ClN2O2/c1-14-9-11-7-4-5(10)2-3-6(7)8(13)12-9/h2-4H,1H3,(H,11,12,13). The molecule has 1 N–H and O–H groups in total. The van der Waals surface area contributed by atoms with E-state index < -0.39 is 0 Å². The first-order valence-corrected chi connectivity index (χ1v) is 4.32. The van der Waals surface area contributed by atoms with E-state index in [0.29, 0.717) is 15.9 Å². The summed E-state index contributed by atoms with van der Waals surface area (Å²) in [5.41, 5.74) is 0.293. The van der Waals surface area contributed by atoms with E-state index in [-0.39, 0.29) is 11.6 Å². The summed E-state index contributed by atoms with van der Waals surface area (Å²) < 4.78 is 4.83. The molecule has 1 heterocycles. The molecule has 0 aliphatic carbocycles. The lowest BCUT2D eigenvalue weighted by atomic mass is 10.2. The van der Waals surface area contributed by atoms with Crippen LogP contribution in [-0.4, -0.2) is 17.1 Å². The Morgan fingerprint density at radius 3 is 3.00 bits per heavy atom. The van der Waals surface area contributed by atoms with Crippen LogP contribution >= 0.6 is 11.6 Å². The topological polar surface area (TPSA) is 55.0 Å². The van der Waals surface area contributed by atoms with Crippen molar-refractivity contribution in [3.8, 4) is 6.01 Å². The van der Waals surface area contributed by atoms with Crippen molar-refractivity contribution < 1.29 is 4.74 Å². The molecule has 0 spiro atoms. The molecule has 14 heavy (non-hydrogen) atoms. The van der Waals surface area contributed by atoms with E-state index in [9.17, 15) is 4.79 Å². The monoisotopic (exact) mass is 210 g/mol. The number of rotatable bonds is 1. The number of fused-ring (bicyclic) bond motifs is 1. The summed E-state index contributed by atoms with van der Waals surface area (Å²) in [5, 5.41) is 1.04. The van der Waals surface area contributed by atoms with Crippen LogP contribution in [0.5, 0.6) is 6.01 Å². The molecule has 0 unspecified atom stereocenters. The molecule has 5 heteroatoms. The zero-order valence-corrected chi connectivity index (χ0v) is 8.13. The fourth-order valence-electron chi connectivity index (χ4n) is 1.19. The molecule has 0 saturated heterocycles. The minimum absolute atomic E-state index is 0.185. The van der Waals surface area contributed by atoms with Crippen molar-refractivity contribution in [2.45, 2.75) is 0 Å². The van der Waals surface area contributed by atoms with Gasteiger partial charge < -0.3 is 4.74 Å². The number of H-pyrrole nitrogens is 1. The molecule has 4 nitrogen and oxygen atoms in total. The minimum Gasteiger partial charge on any atom is -0.468 e. The van der Waals surface area contributed by atoms with E-state index in [4.69, 9.17) is 16.3 Å². The van der Waals surface area contributed by atoms with Crippen molar-refractivity contribution in [2.24, 2.45) is 0 Å². The number of nitrogens with one attached hydrogen (secondary N) is 1. The molecular weight excluding hydrogens is 204 g/mol. The van der Waals surface area contributed by atoms with Crippen LogP contribution in [0.25, 0.3) is 10.9 Å². The Hall–Kier alpha value is -1.55. The van der Waals surface area contributed by atoms with Gasteiger partial charge >= 0.3 is 0 Å². The largest absolute Gasteiger partial charge is 0.468 e. The van der Waals surface area contributed by atoms with E-state index in [0.717, 1.165) is 0 Å². The van der Waals surface area contributed by atoms with Crippen LogP contribution in [0.4, 0.5) is 0 Å². The summed E-state index contributed by atoms with van der Waals surface area (Å²) in [6, 6.07) is 5.08. The van der Waals surface area contributed by atoms with Gasteiger partial charge in [-0.1, -0.05) is 11.6 Å².